The van der Waals surface area contributed by atoms with Crippen molar-refractivity contribution in [2.45, 2.75) is 290 Å². The zero-order valence-corrected chi connectivity index (χ0v) is 58.8. The molecule has 0 aliphatic heterocycles. The number of hydrogen-bond donors (Lipinski definition) is 1. The Morgan fingerprint density at radius 3 is 1.07 bits per heavy atom. The lowest BCUT2D eigenvalue weighted by Crippen LogP contribution is -3.00. The molecule has 0 bridgehead atoms. The zero-order chi connectivity index (χ0) is 54.5. The normalized spacial score (nSPS) is 10.4. The van der Waals surface area contributed by atoms with Crippen LogP contribution in [0.3, 0.4) is 0 Å². The molecule has 3 aromatic heterocycles. The van der Waals surface area contributed by atoms with E-state index < -0.39 is 0 Å². The molecule has 3 heterocycles. The zero-order valence-electron chi connectivity index (χ0n) is 50.5. The fourth-order valence-electron chi connectivity index (χ4n) is 8.19. The predicted octanol–water partition coefficient (Wildman–Crippen LogP) is 19.2. The number of alkyl halides is 2. The lowest BCUT2D eigenvalue weighted by molar-refractivity contribution is -0.677. The molecule has 0 unspecified atom stereocenters. The second-order valence-electron chi connectivity index (χ2n) is 20.3. The van der Waals surface area contributed by atoms with Gasteiger partial charge in [-0.1, -0.05) is 303 Å². The van der Waals surface area contributed by atoms with Crippen LogP contribution in [0.25, 0.3) is 0 Å². The summed E-state index contributed by atoms with van der Waals surface area (Å²) in [5.74, 6) is 5.28. The highest BCUT2D eigenvalue weighted by molar-refractivity contribution is 14.1. The monoisotopic (exact) mass is 1380 g/mol. The summed E-state index contributed by atoms with van der Waals surface area (Å²) in [6, 6.07) is 0. The maximum atomic E-state index is 4.79. The van der Waals surface area contributed by atoms with Gasteiger partial charge >= 0.3 is 0 Å². The van der Waals surface area contributed by atoms with Gasteiger partial charge in [0.25, 0.3) is 5.82 Å². The van der Waals surface area contributed by atoms with Crippen LogP contribution in [0.15, 0.2) is 42.3 Å². The summed E-state index contributed by atoms with van der Waals surface area (Å²) in [4.78, 5) is 9.16. The molecular weight excluding hydrogens is 1260 g/mol. The average Bonchev–Trinajstić information content (AvgIpc) is 4.09. The third-order valence-electron chi connectivity index (χ3n) is 13.4. The predicted molar refractivity (Wildman–Crippen MR) is 350 cm³/mol. The molecule has 0 atom stereocenters. The van der Waals surface area contributed by atoms with Crippen LogP contribution in [-0.4, -0.2) is 51.2 Å². The van der Waals surface area contributed by atoms with Gasteiger partial charge in [0, 0.05) is 56.9 Å². The van der Waals surface area contributed by atoms with E-state index in [0.717, 1.165) is 9.93 Å². The van der Waals surface area contributed by atoms with Gasteiger partial charge in [0.15, 0.2) is 9.93 Å². The van der Waals surface area contributed by atoms with Gasteiger partial charge in [0.2, 0.25) is 0 Å². The van der Waals surface area contributed by atoms with E-state index in [2.05, 4.69) is 116 Å². The summed E-state index contributed by atoms with van der Waals surface area (Å²) in [5, 5.41) is 2.34. The molecule has 0 aromatic carbocycles. The summed E-state index contributed by atoms with van der Waals surface area (Å²) in [5.41, 5.74) is 0. The molecule has 1 N–H and O–H groups in total. The van der Waals surface area contributed by atoms with Crippen molar-refractivity contribution in [3.63, 3.8) is 0 Å². The van der Waals surface area contributed by atoms with E-state index >= 15 is 0 Å². The molecule has 440 valence electrons. The van der Waals surface area contributed by atoms with Crippen LogP contribution >= 0.6 is 74.3 Å². The van der Waals surface area contributed by atoms with Crippen molar-refractivity contribution in [2.24, 2.45) is 28.2 Å². The van der Waals surface area contributed by atoms with Crippen molar-refractivity contribution < 1.29 is 28.5 Å². The number of aromatic amines is 1. The summed E-state index contributed by atoms with van der Waals surface area (Å²) in [6.45, 7) is 11.2. The number of rotatable bonds is 43. The Labute approximate surface area is 515 Å². The fraction of sp³-hybridized carbons (Fsp3) is 0.855. The number of imidazole rings is 3. The molecule has 0 saturated carbocycles. The molecule has 3 aromatic rings. The molecule has 74 heavy (non-hydrogen) atoms. The van der Waals surface area contributed by atoms with Crippen molar-refractivity contribution in [1.29, 1.82) is 0 Å². The van der Waals surface area contributed by atoms with E-state index in [-0.39, 0.29) is 24.0 Å². The molecule has 0 spiro atoms. The second-order valence-corrected chi connectivity index (χ2v) is 23.8. The van der Waals surface area contributed by atoms with Crippen molar-refractivity contribution in [3.8, 4) is 0 Å². The lowest BCUT2D eigenvalue weighted by Gasteiger charge is -2.03. The lowest BCUT2D eigenvalue weighted by atomic mass is 10.0. The minimum absolute atomic E-state index is 0. The van der Waals surface area contributed by atoms with Crippen molar-refractivity contribution in [1.82, 2.24) is 23.7 Å². The minimum Gasteiger partial charge on any atom is -1.00 e. The maximum absolute atomic E-state index is 4.79. The van der Waals surface area contributed by atoms with Crippen molar-refractivity contribution >= 4 is 74.3 Å². The number of unbranched alkanes of at least 4 members (excludes halogenated alkanes) is 35. The first kappa shape index (κ1) is 81.0. The van der Waals surface area contributed by atoms with Crippen LogP contribution in [0, 0.1) is 11.7 Å². The molecule has 6 nitrogen and oxygen atoms in total. The molecule has 0 fully saturated rings. The van der Waals surface area contributed by atoms with Gasteiger partial charge < -0.3 is 38.1 Å². The largest absolute Gasteiger partial charge is 1.00 e. The van der Waals surface area contributed by atoms with E-state index in [0.29, 0.717) is 0 Å². The number of thioether (sulfide) groups is 2. The quantitative estimate of drug-likeness (QED) is 0.0153. The number of aromatic nitrogens is 6. The Bertz CT molecular complexity index is 1450. The van der Waals surface area contributed by atoms with Crippen LogP contribution in [0.2, 0.25) is 0 Å². The molecular formula is C62H123BrI2N6S3. The molecule has 12 heteroatoms. The highest BCUT2D eigenvalue weighted by Gasteiger charge is 2.02. The molecule has 0 radical (unpaired) electrons. The van der Waals surface area contributed by atoms with E-state index in [4.69, 9.17) is 12.2 Å². The Balaban J connectivity index is -0.000000430. The smallest absolute Gasteiger partial charge is 0.252 e. The summed E-state index contributed by atoms with van der Waals surface area (Å²) in [6.07, 6.45) is 67.8. The summed E-state index contributed by atoms with van der Waals surface area (Å²) < 4.78 is 8.88. The van der Waals surface area contributed by atoms with E-state index in [1.807, 2.05) is 79.6 Å². The molecule has 0 saturated heterocycles. The first-order valence-corrected chi connectivity index (χ1v) is 36.3. The van der Waals surface area contributed by atoms with Gasteiger partial charge in [0.1, 0.15) is 12.4 Å². The second kappa shape index (κ2) is 69.6. The van der Waals surface area contributed by atoms with Crippen molar-refractivity contribution in [2.75, 3.05) is 27.5 Å². The highest BCUT2D eigenvalue weighted by atomic mass is 127. The molecule has 0 aliphatic rings. The third-order valence-corrected chi connectivity index (χ3v) is 16.7. The number of halogens is 3. The SMILES string of the molecule is CCCCCCCCCCCCCCCCBr.CCCCCCCCCCCCCCCCSc1nccn1C.CCCCCCCCSCCCCCCC.CI.Cc1n(C)cc[n+]1C.Cn1cc[nH]c1=S.[I-]. The number of aryl methyl sites for hydroxylation is 4. The maximum Gasteiger partial charge on any atom is 0.252 e. The fourth-order valence-corrected chi connectivity index (χ4v) is 10.7. The van der Waals surface area contributed by atoms with Gasteiger partial charge in [0.05, 0.1) is 14.1 Å². The topological polar surface area (TPSA) is 47.3 Å². The number of nitrogens with one attached hydrogen (secondary N) is 1. The Morgan fingerprint density at radius 2 is 0.838 bits per heavy atom. The average molecular weight is 1380 g/mol. The van der Waals surface area contributed by atoms with E-state index in [9.17, 15) is 0 Å². The van der Waals surface area contributed by atoms with Crippen LogP contribution in [-0.2, 0) is 28.2 Å². The molecule has 0 amide bonds. The van der Waals surface area contributed by atoms with Crippen molar-refractivity contribution in [3.05, 3.63) is 47.8 Å². The Hall–Kier alpha value is 0.490. The first-order chi connectivity index (χ1) is 35.7. The van der Waals surface area contributed by atoms with Crippen LogP contribution < -0.4 is 28.5 Å². The van der Waals surface area contributed by atoms with Crippen LogP contribution in [0.5, 0.6) is 0 Å². The third kappa shape index (κ3) is 61.7. The van der Waals surface area contributed by atoms with Gasteiger partial charge in [-0.05, 0) is 54.3 Å². The number of H-pyrrole nitrogens is 1. The van der Waals surface area contributed by atoms with Gasteiger partial charge in [-0.25, -0.2) is 14.1 Å². The van der Waals surface area contributed by atoms with Gasteiger partial charge in [-0.15, -0.1) is 0 Å². The van der Waals surface area contributed by atoms with Gasteiger partial charge in [-0.3, -0.25) is 0 Å². The van der Waals surface area contributed by atoms with E-state index in [1.165, 1.54) is 279 Å². The number of nitrogens with zero attached hydrogens (tertiary/aromatic N) is 5. The summed E-state index contributed by atoms with van der Waals surface area (Å²) >= 11 is 14.5. The Morgan fingerprint density at radius 1 is 0.500 bits per heavy atom. The summed E-state index contributed by atoms with van der Waals surface area (Å²) in [7, 11) is 8.05. The minimum atomic E-state index is 0. The number of hydrogen-bond acceptors (Lipinski definition) is 4. The van der Waals surface area contributed by atoms with E-state index in [1.54, 1.807) is 0 Å². The van der Waals surface area contributed by atoms with Gasteiger partial charge in [-0.2, -0.15) is 11.8 Å². The first-order valence-electron chi connectivity index (χ1n) is 30.5. The van der Waals surface area contributed by atoms with Crippen LogP contribution in [0.1, 0.15) is 284 Å². The molecule has 0 aliphatic carbocycles. The van der Waals surface area contributed by atoms with Crippen LogP contribution in [0.4, 0.5) is 0 Å². The highest BCUT2D eigenvalue weighted by Crippen LogP contribution is 2.19. The molecule has 3 rings (SSSR count). The Kier molecular flexibility index (Phi) is 76.1. The standard InChI is InChI=1S/C20H38N2S.C16H33Br.C15H32S.C6H11N2.C4H6N2S.CH3I.HI/c1-3-4-5-6-7-8-9-10-11-12-13-14-15-16-19-23-20-21-17-18-22(20)2;1-2-3-4-5-6-7-8-9-10-11-12-13-14-15-16-17;1-3-5-7-9-11-13-15-16-14-12-10-8-6-4-2;1-6-7(2)4-5-8(6)3;1-6-3-2-5-4(6)7;1-2;/h17-18H,3-16,19H2,1-2H3;2-16H2,1H3;3-15H2,1-2H3;4-5H,1-3H3;2-3H,1H3,(H,5,7);1H3;1H/q;;;+1;;;/p-1.